The lowest BCUT2D eigenvalue weighted by atomic mass is 9.78. The first-order chi connectivity index (χ1) is 10.5. The van der Waals surface area contributed by atoms with Crippen molar-refractivity contribution in [3.8, 4) is 0 Å². The molecule has 22 heavy (non-hydrogen) atoms. The molecular formula is C16H21N3O3. The molecule has 1 aliphatic carbocycles. The smallest absolute Gasteiger partial charge is 0.282 e. The number of fused-ring (bicyclic) bond motifs is 1. The van der Waals surface area contributed by atoms with E-state index in [4.69, 9.17) is 15.2 Å². The Morgan fingerprint density at radius 1 is 1.55 bits per heavy atom. The normalized spacial score (nSPS) is 22.9. The van der Waals surface area contributed by atoms with Crippen LogP contribution in [0.4, 0.5) is 5.69 Å². The van der Waals surface area contributed by atoms with Gasteiger partial charge >= 0.3 is 0 Å². The first kappa shape index (κ1) is 14.8. The van der Waals surface area contributed by atoms with E-state index in [1.54, 1.807) is 11.9 Å². The molecule has 1 aliphatic heterocycles. The number of aryl methyl sites for hydroxylation is 1. The maximum absolute atomic E-state index is 12.1. The zero-order valence-electron chi connectivity index (χ0n) is 13.0. The summed E-state index contributed by atoms with van der Waals surface area (Å²) in [6.45, 7) is 0.585. The Morgan fingerprint density at radius 3 is 3.05 bits per heavy atom. The Balaban J connectivity index is 1.94. The average molecular weight is 303 g/mol. The zero-order valence-corrected chi connectivity index (χ0v) is 13.0. The molecule has 1 aromatic carbocycles. The molecule has 2 N–H and O–H groups in total. The van der Waals surface area contributed by atoms with Gasteiger partial charge in [0.1, 0.15) is 18.8 Å². The summed E-state index contributed by atoms with van der Waals surface area (Å²) < 4.78 is 10.3. The van der Waals surface area contributed by atoms with E-state index in [2.05, 4.69) is 11.1 Å². The summed E-state index contributed by atoms with van der Waals surface area (Å²) in [5, 5.41) is 0. The molecule has 0 saturated carbocycles. The van der Waals surface area contributed by atoms with Crippen LogP contribution in [0.3, 0.4) is 0 Å². The van der Waals surface area contributed by atoms with Crippen LogP contribution in [-0.4, -0.2) is 44.8 Å². The average Bonchev–Trinajstić information content (AvgIpc) is 2.86. The minimum absolute atomic E-state index is 0.0683. The molecule has 1 unspecified atom stereocenters. The number of ether oxygens (including phenoxy) is 2. The fraction of sp³-hybridized carbons (Fsp3) is 0.500. The van der Waals surface area contributed by atoms with Crippen LogP contribution in [0.25, 0.3) is 0 Å². The van der Waals surface area contributed by atoms with Gasteiger partial charge in [-0.05, 0) is 30.0 Å². The molecule has 1 spiro atoms. The Labute approximate surface area is 129 Å². The number of benzene rings is 1. The van der Waals surface area contributed by atoms with E-state index in [-0.39, 0.29) is 24.1 Å². The van der Waals surface area contributed by atoms with Crippen molar-refractivity contribution in [2.45, 2.75) is 24.8 Å². The minimum atomic E-state index is -0.279. The van der Waals surface area contributed by atoms with Crippen molar-refractivity contribution < 1.29 is 14.3 Å². The number of hydrogen-bond donors (Lipinski definition) is 1. The summed E-state index contributed by atoms with van der Waals surface area (Å²) in [6.07, 6.45) is 2.57. The highest BCUT2D eigenvalue weighted by molar-refractivity contribution is 5.94. The number of carbonyl (C=O) groups is 1. The molecule has 1 atom stereocenters. The number of aliphatic imine (C=N–C) groups is 1. The van der Waals surface area contributed by atoms with Crippen molar-refractivity contribution in [2.75, 3.05) is 32.3 Å². The van der Waals surface area contributed by atoms with Gasteiger partial charge in [0.25, 0.3) is 11.9 Å². The SMILES string of the molecule is COCC(=O)N(C)c1cccc2c1CC1(CC2)COC(N)=N1. The summed E-state index contributed by atoms with van der Waals surface area (Å²) in [7, 11) is 3.30. The first-order valence-corrected chi connectivity index (χ1v) is 7.39. The quantitative estimate of drug-likeness (QED) is 0.899. The third-order valence-corrected chi connectivity index (χ3v) is 4.45. The van der Waals surface area contributed by atoms with E-state index in [0.717, 1.165) is 30.5 Å². The Morgan fingerprint density at radius 2 is 2.36 bits per heavy atom. The topological polar surface area (TPSA) is 77.1 Å². The molecule has 1 amide bonds. The number of hydrogen-bond acceptors (Lipinski definition) is 5. The van der Waals surface area contributed by atoms with E-state index < -0.39 is 0 Å². The molecule has 3 rings (SSSR count). The lowest BCUT2D eigenvalue weighted by Crippen LogP contribution is -2.38. The molecular weight excluding hydrogens is 282 g/mol. The second-order valence-electron chi connectivity index (χ2n) is 5.94. The number of amidine groups is 1. The Hall–Kier alpha value is -2.08. The van der Waals surface area contributed by atoms with Crippen LogP contribution in [-0.2, 0) is 27.1 Å². The predicted octanol–water partition coefficient (Wildman–Crippen LogP) is 0.868. The first-order valence-electron chi connectivity index (χ1n) is 7.39. The molecule has 0 radical (unpaired) electrons. The van der Waals surface area contributed by atoms with E-state index in [1.807, 2.05) is 12.1 Å². The third kappa shape index (κ3) is 2.54. The van der Waals surface area contributed by atoms with Crippen LogP contribution in [0.1, 0.15) is 17.5 Å². The number of nitrogens with zero attached hydrogens (tertiary/aromatic N) is 2. The Kier molecular flexibility index (Phi) is 3.78. The summed E-state index contributed by atoms with van der Waals surface area (Å²) in [4.78, 5) is 18.3. The van der Waals surface area contributed by atoms with Gasteiger partial charge in [0.15, 0.2) is 0 Å². The highest BCUT2D eigenvalue weighted by Gasteiger charge is 2.40. The molecule has 6 nitrogen and oxygen atoms in total. The number of amides is 1. The van der Waals surface area contributed by atoms with E-state index in [0.29, 0.717) is 6.61 Å². The minimum Gasteiger partial charge on any atom is -0.463 e. The van der Waals surface area contributed by atoms with Crippen molar-refractivity contribution in [3.05, 3.63) is 29.3 Å². The highest BCUT2D eigenvalue weighted by atomic mass is 16.5. The van der Waals surface area contributed by atoms with Gasteiger partial charge in [-0.3, -0.25) is 4.79 Å². The Bertz CT molecular complexity index is 629. The van der Waals surface area contributed by atoms with Crippen molar-refractivity contribution in [1.29, 1.82) is 0 Å². The molecule has 1 aromatic rings. The molecule has 118 valence electrons. The fourth-order valence-corrected chi connectivity index (χ4v) is 3.24. The maximum atomic E-state index is 12.1. The molecule has 0 saturated heterocycles. The van der Waals surface area contributed by atoms with Gasteiger partial charge in [0.2, 0.25) is 0 Å². The maximum Gasteiger partial charge on any atom is 0.282 e. The van der Waals surface area contributed by atoms with Crippen LogP contribution in [0, 0.1) is 0 Å². The van der Waals surface area contributed by atoms with Crippen molar-refractivity contribution in [1.82, 2.24) is 0 Å². The van der Waals surface area contributed by atoms with Gasteiger partial charge < -0.3 is 20.1 Å². The lowest BCUT2D eigenvalue weighted by Gasteiger charge is -2.33. The van der Waals surface area contributed by atoms with Crippen LogP contribution >= 0.6 is 0 Å². The fourth-order valence-electron chi connectivity index (χ4n) is 3.24. The molecule has 6 heteroatoms. The number of methoxy groups -OCH3 is 1. The monoisotopic (exact) mass is 303 g/mol. The van der Waals surface area contributed by atoms with Gasteiger partial charge in [-0.25, -0.2) is 4.99 Å². The van der Waals surface area contributed by atoms with E-state index in [1.165, 1.54) is 12.7 Å². The summed E-state index contributed by atoms with van der Waals surface area (Å²) >= 11 is 0. The predicted molar refractivity (Wildman–Crippen MR) is 84.1 cm³/mol. The molecule has 0 fully saturated rings. The largest absolute Gasteiger partial charge is 0.463 e. The lowest BCUT2D eigenvalue weighted by molar-refractivity contribution is -0.121. The van der Waals surface area contributed by atoms with E-state index >= 15 is 0 Å². The van der Waals surface area contributed by atoms with E-state index in [9.17, 15) is 4.79 Å². The van der Waals surface area contributed by atoms with Crippen molar-refractivity contribution >= 4 is 17.6 Å². The molecule has 2 aliphatic rings. The number of anilines is 1. The number of rotatable bonds is 3. The molecule has 0 bridgehead atoms. The van der Waals surface area contributed by atoms with Gasteiger partial charge in [-0.15, -0.1) is 0 Å². The van der Waals surface area contributed by atoms with Crippen LogP contribution < -0.4 is 10.6 Å². The standard InChI is InChI=1S/C16H21N3O3/c1-19(14(20)9-21-2)13-5-3-4-11-6-7-16(8-12(11)13)10-22-15(17)18-16/h3-5H,6-10H2,1-2H3,(H2,17,18). The highest BCUT2D eigenvalue weighted by Crippen LogP contribution is 2.38. The van der Waals surface area contributed by atoms with Crippen LogP contribution in [0.15, 0.2) is 23.2 Å². The zero-order chi connectivity index (χ0) is 15.7. The molecule has 1 heterocycles. The summed E-state index contributed by atoms with van der Waals surface area (Å²) in [6, 6.07) is 6.34. The third-order valence-electron chi connectivity index (χ3n) is 4.45. The van der Waals surface area contributed by atoms with Crippen molar-refractivity contribution in [2.24, 2.45) is 10.7 Å². The van der Waals surface area contributed by atoms with Crippen LogP contribution in [0.5, 0.6) is 0 Å². The van der Waals surface area contributed by atoms with Gasteiger partial charge in [0.05, 0.1) is 0 Å². The molecule has 0 aromatic heterocycles. The second kappa shape index (κ2) is 5.61. The van der Waals surface area contributed by atoms with Gasteiger partial charge in [-0.2, -0.15) is 0 Å². The summed E-state index contributed by atoms with van der Waals surface area (Å²) in [5.74, 6) is -0.0683. The number of nitrogens with two attached hydrogens (primary N) is 1. The van der Waals surface area contributed by atoms with Crippen molar-refractivity contribution in [3.63, 3.8) is 0 Å². The number of likely N-dealkylation sites (N-methyl/N-ethyl adjacent to an activating group) is 1. The van der Waals surface area contributed by atoms with Gasteiger partial charge in [0, 0.05) is 26.3 Å². The second-order valence-corrected chi connectivity index (χ2v) is 5.94. The number of carbonyl (C=O) groups excluding carboxylic acids is 1. The van der Waals surface area contributed by atoms with Gasteiger partial charge in [-0.1, -0.05) is 12.1 Å². The summed E-state index contributed by atoms with van der Waals surface area (Å²) in [5.41, 5.74) is 8.75. The van der Waals surface area contributed by atoms with Crippen LogP contribution in [0.2, 0.25) is 0 Å².